The first-order chi connectivity index (χ1) is 9.81. The van der Waals surface area contributed by atoms with E-state index < -0.39 is 0 Å². The monoisotopic (exact) mass is 304 g/mol. The van der Waals surface area contributed by atoms with Gasteiger partial charge in [0.2, 0.25) is 0 Å². The van der Waals surface area contributed by atoms with Crippen molar-refractivity contribution in [2.45, 2.75) is 39.7 Å². The van der Waals surface area contributed by atoms with E-state index in [1.165, 1.54) is 5.56 Å². The van der Waals surface area contributed by atoms with Crippen molar-refractivity contribution in [3.63, 3.8) is 0 Å². The van der Waals surface area contributed by atoms with Gasteiger partial charge in [-0.15, -0.1) is 0 Å². The maximum Gasteiger partial charge on any atom is 0.146 e. The van der Waals surface area contributed by atoms with Gasteiger partial charge in [0, 0.05) is 0 Å². The van der Waals surface area contributed by atoms with Crippen LogP contribution in [0.4, 0.5) is 0 Å². The molecule has 0 aliphatic rings. The van der Waals surface area contributed by atoms with Gasteiger partial charge in [-0.1, -0.05) is 50.6 Å². The van der Waals surface area contributed by atoms with Gasteiger partial charge in [0.25, 0.3) is 0 Å². The molecule has 2 rings (SSSR count). The molecule has 21 heavy (non-hydrogen) atoms. The summed E-state index contributed by atoms with van der Waals surface area (Å²) in [7, 11) is 0. The number of aliphatic hydroxyl groups excluding tert-OH is 1. The predicted molar refractivity (Wildman–Crippen MR) is 87.3 cm³/mol. The average Bonchev–Trinajstić information content (AvgIpc) is 2.41. The van der Waals surface area contributed by atoms with Crippen molar-refractivity contribution in [1.82, 2.24) is 0 Å². The standard InChI is InChI=1S/C18H21ClO2/c1-12-9-14(18(2,3)4)6-8-16(12)21-17-7-5-13(11-20)10-15(17)19/h5-10,20H,11H2,1-4H3. The topological polar surface area (TPSA) is 29.5 Å². The molecule has 1 N–H and O–H groups in total. The van der Waals surface area contributed by atoms with Gasteiger partial charge in [0.1, 0.15) is 11.5 Å². The lowest BCUT2D eigenvalue weighted by atomic mass is 9.86. The van der Waals surface area contributed by atoms with E-state index in [4.69, 9.17) is 21.4 Å². The molecule has 2 aromatic carbocycles. The summed E-state index contributed by atoms with van der Waals surface area (Å²) < 4.78 is 5.89. The summed E-state index contributed by atoms with van der Waals surface area (Å²) in [6.45, 7) is 8.56. The molecule has 0 aliphatic carbocycles. The Kier molecular flexibility index (Phi) is 4.60. The lowest BCUT2D eigenvalue weighted by Crippen LogP contribution is -2.11. The van der Waals surface area contributed by atoms with Gasteiger partial charge in [-0.25, -0.2) is 0 Å². The van der Waals surface area contributed by atoms with E-state index in [2.05, 4.69) is 32.9 Å². The van der Waals surface area contributed by atoms with Crippen molar-refractivity contribution >= 4 is 11.6 Å². The number of hydrogen-bond acceptors (Lipinski definition) is 2. The molecule has 0 atom stereocenters. The SMILES string of the molecule is Cc1cc(C(C)(C)C)ccc1Oc1ccc(CO)cc1Cl. The van der Waals surface area contributed by atoms with Crippen LogP contribution in [0.3, 0.4) is 0 Å². The molecule has 0 saturated heterocycles. The smallest absolute Gasteiger partial charge is 0.146 e. The zero-order valence-electron chi connectivity index (χ0n) is 12.9. The number of aryl methyl sites for hydroxylation is 1. The number of benzene rings is 2. The number of hydrogen-bond donors (Lipinski definition) is 1. The van der Waals surface area contributed by atoms with Crippen LogP contribution in [0, 0.1) is 6.92 Å². The fourth-order valence-corrected chi connectivity index (χ4v) is 2.32. The Morgan fingerprint density at radius 1 is 1.05 bits per heavy atom. The number of aliphatic hydroxyl groups is 1. The highest BCUT2D eigenvalue weighted by atomic mass is 35.5. The Balaban J connectivity index is 2.28. The van der Waals surface area contributed by atoms with E-state index in [-0.39, 0.29) is 12.0 Å². The summed E-state index contributed by atoms with van der Waals surface area (Å²) in [5.41, 5.74) is 3.23. The molecular weight excluding hydrogens is 284 g/mol. The van der Waals surface area contributed by atoms with Gasteiger partial charge < -0.3 is 9.84 Å². The Morgan fingerprint density at radius 3 is 2.24 bits per heavy atom. The molecule has 0 aliphatic heterocycles. The van der Waals surface area contributed by atoms with Crippen LogP contribution in [0.5, 0.6) is 11.5 Å². The number of halogens is 1. The van der Waals surface area contributed by atoms with E-state index in [1.807, 2.05) is 13.0 Å². The molecule has 112 valence electrons. The third-order valence-corrected chi connectivity index (χ3v) is 3.74. The van der Waals surface area contributed by atoms with Gasteiger partial charge in [-0.05, 0) is 47.2 Å². The van der Waals surface area contributed by atoms with Crippen molar-refractivity contribution in [2.24, 2.45) is 0 Å². The summed E-state index contributed by atoms with van der Waals surface area (Å²) in [6.07, 6.45) is 0. The largest absolute Gasteiger partial charge is 0.456 e. The van der Waals surface area contributed by atoms with Crippen LogP contribution in [-0.2, 0) is 12.0 Å². The fourth-order valence-electron chi connectivity index (χ4n) is 2.07. The third-order valence-electron chi connectivity index (χ3n) is 3.44. The van der Waals surface area contributed by atoms with Crippen LogP contribution < -0.4 is 4.74 Å². The number of rotatable bonds is 3. The van der Waals surface area contributed by atoms with Crippen molar-refractivity contribution in [3.05, 3.63) is 58.1 Å². The summed E-state index contributed by atoms with van der Waals surface area (Å²) >= 11 is 6.18. The first-order valence-corrected chi connectivity index (χ1v) is 7.37. The van der Waals surface area contributed by atoms with Crippen molar-refractivity contribution in [2.75, 3.05) is 0 Å². The molecule has 0 amide bonds. The lowest BCUT2D eigenvalue weighted by Gasteiger charge is -2.20. The molecule has 0 bridgehead atoms. The second-order valence-electron chi connectivity index (χ2n) is 6.26. The molecule has 0 saturated carbocycles. The van der Waals surface area contributed by atoms with Crippen molar-refractivity contribution in [1.29, 1.82) is 0 Å². The molecule has 0 spiro atoms. The first kappa shape index (κ1) is 15.9. The van der Waals surface area contributed by atoms with Crippen LogP contribution >= 0.6 is 11.6 Å². The molecule has 0 unspecified atom stereocenters. The van der Waals surface area contributed by atoms with Gasteiger partial charge in [0.05, 0.1) is 11.6 Å². The minimum atomic E-state index is -0.0285. The molecule has 2 aromatic rings. The highest BCUT2D eigenvalue weighted by molar-refractivity contribution is 6.32. The van der Waals surface area contributed by atoms with Crippen LogP contribution in [0.25, 0.3) is 0 Å². The zero-order valence-corrected chi connectivity index (χ0v) is 13.7. The first-order valence-electron chi connectivity index (χ1n) is 6.99. The van der Waals surface area contributed by atoms with E-state index in [1.54, 1.807) is 18.2 Å². The van der Waals surface area contributed by atoms with Crippen molar-refractivity contribution < 1.29 is 9.84 Å². The summed E-state index contributed by atoms with van der Waals surface area (Å²) in [5.74, 6) is 1.39. The molecule has 0 fully saturated rings. The van der Waals surface area contributed by atoms with E-state index >= 15 is 0 Å². The Labute approximate surface area is 131 Å². The Hall–Kier alpha value is -1.51. The predicted octanol–water partition coefficient (Wildman–Crippen LogP) is 5.23. The van der Waals surface area contributed by atoms with Crippen LogP contribution in [0.1, 0.15) is 37.5 Å². The third kappa shape index (κ3) is 3.78. The summed E-state index contributed by atoms with van der Waals surface area (Å²) in [4.78, 5) is 0. The maximum atomic E-state index is 9.09. The Bertz CT molecular complexity index is 642. The second-order valence-corrected chi connectivity index (χ2v) is 6.66. The van der Waals surface area contributed by atoms with Crippen LogP contribution in [0.2, 0.25) is 5.02 Å². The normalized spacial score (nSPS) is 11.5. The average molecular weight is 305 g/mol. The molecule has 0 radical (unpaired) electrons. The van der Waals surface area contributed by atoms with E-state index in [0.29, 0.717) is 10.8 Å². The van der Waals surface area contributed by atoms with Crippen molar-refractivity contribution in [3.8, 4) is 11.5 Å². The minimum Gasteiger partial charge on any atom is -0.456 e. The number of ether oxygens (including phenoxy) is 1. The molecule has 0 heterocycles. The molecule has 0 aromatic heterocycles. The van der Waals surface area contributed by atoms with Crippen LogP contribution in [0.15, 0.2) is 36.4 Å². The highest BCUT2D eigenvalue weighted by Crippen LogP contribution is 2.34. The van der Waals surface area contributed by atoms with E-state index in [9.17, 15) is 0 Å². The zero-order chi connectivity index (χ0) is 15.6. The van der Waals surface area contributed by atoms with Crippen LogP contribution in [-0.4, -0.2) is 5.11 Å². The van der Waals surface area contributed by atoms with Gasteiger partial charge in [-0.2, -0.15) is 0 Å². The van der Waals surface area contributed by atoms with Gasteiger partial charge >= 0.3 is 0 Å². The minimum absolute atomic E-state index is 0.0285. The Morgan fingerprint density at radius 2 is 1.71 bits per heavy atom. The fraction of sp³-hybridized carbons (Fsp3) is 0.333. The molecule has 2 nitrogen and oxygen atoms in total. The molecular formula is C18H21ClO2. The maximum absolute atomic E-state index is 9.09. The summed E-state index contributed by atoms with van der Waals surface area (Å²) in [5, 5.41) is 9.59. The highest BCUT2D eigenvalue weighted by Gasteiger charge is 2.15. The van der Waals surface area contributed by atoms with E-state index in [0.717, 1.165) is 16.9 Å². The van der Waals surface area contributed by atoms with Gasteiger partial charge in [0.15, 0.2) is 0 Å². The lowest BCUT2D eigenvalue weighted by molar-refractivity contribution is 0.281. The second kappa shape index (κ2) is 6.08. The quantitative estimate of drug-likeness (QED) is 0.841. The van der Waals surface area contributed by atoms with Gasteiger partial charge in [-0.3, -0.25) is 0 Å². The summed E-state index contributed by atoms with van der Waals surface area (Å²) in [6, 6.07) is 11.5. The molecule has 3 heteroatoms.